The fraction of sp³-hybridized carbons (Fsp3) is 0.167. The number of rotatable bonds is 7. The maximum atomic E-state index is 13.6. The van der Waals surface area contributed by atoms with Crippen molar-refractivity contribution in [2.75, 3.05) is 32.1 Å². The van der Waals surface area contributed by atoms with Gasteiger partial charge in [0.15, 0.2) is 5.13 Å². The average Bonchev–Trinajstić information content (AvgIpc) is 3.17. The van der Waals surface area contributed by atoms with Gasteiger partial charge in [-0.2, -0.15) is 0 Å². The maximum absolute atomic E-state index is 13.6. The van der Waals surface area contributed by atoms with E-state index in [0.717, 1.165) is 0 Å². The van der Waals surface area contributed by atoms with Crippen LogP contribution in [0, 0.1) is 5.82 Å². The molecule has 4 rings (SSSR count). The lowest BCUT2D eigenvalue weighted by atomic mass is 10.2. The van der Waals surface area contributed by atoms with Crippen molar-refractivity contribution in [2.45, 2.75) is 0 Å². The first kappa shape index (κ1) is 21.0. The zero-order valence-corrected chi connectivity index (χ0v) is 18.1. The monoisotopic (exact) mass is 435 g/mol. The number of nitrogens with zero attached hydrogens (tertiary/aromatic N) is 3. The second kappa shape index (κ2) is 9.24. The summed E-state index contributed by atoms with van der Waals surface area (Å²) in [7, 11) is 3.90. The highest BCUT2D eigenvalue weighted by Crippen LogP contribution is 2.31. The van der Waals surface area contributed by atoms with Crippen LogP contribution in [-0.4, -0.2) is 43.0 Å². The summed E-state index contributed by atoms with van der Waals surface area (Å²) in [6, 6.07) is 21.0. The molecule has 0 saturated carbocycles. The van der Waals surface area contributed by atoms with Crippen LogP contribution in [0.2, 0.25) is 0 Å². The third-order valence-corrected chi connectivity index (χ3v) is 5.69. The summed E-state index contributed by atoms with van der Waals surface area (Å²) < 4.78 is 20.2. The van der Waals surface area contributed by atoms with E-state index in [1.165, 1.54) is 23.5 Å². The van der Waals surface area contributed by atoms with Crippen molar-refractivity contribution in [2.24, 2.45) is 0 Å². The van der Waals surface area contributed by atoms with E-state index in [-0.39, 0.29) is 11.7 Å². The molecule has 31 heavy (non-hydrogen) atoms. The Morgan fingerprint density at radius 3 is 2.52 bits per heavy atom. The number of carbonyl (C=O) groups excluding carboxylic acids is 1. The molecule has 7 heteroatoms. The lowest BCUT2D eigenvalue weighted by Gasteiger charge is -2.22. The standard InChI is InChI=1S/C24H22FN3O2S/c1-27(2)13-14-28(24-26-21-12-11-18(25)16-22(21)31-24)23(29)17-7-6-10-20(15-17)30-19-8-4-3-5-9-19/h3-12,15-16H,13-14H2,1-2H3. The Morgan fingerprint density at radius 2 is 1.74 bits per heavy atom. The van der Waals surface area contributed by atoms with E-state index < -0.39 is 0 Å². The summed E-state index contributed by atoms with van der Waals surface area (Å²) >= 11 is 1.31. The largest absolute Gasteiger partial charge is 0.457 e. The number of halogens is 1. The highest BCUT2D eigenvalue weighted by atomic mass is 32.1. The average molecular weight is 436 g/mol. The van der Waals surface area contributed by atoms with Crippen molar-refractivity contribution in [3.05, 3.63) is 84.2 Å². The van der Waals surface area contributed by atoms with Crippen LogP contribution in [0.5, 0.6) is 11.5 Å². The minimum atomic E-state index is -0.320. The Morgan fingerprint density at radius 1 is 0.968 bits per heavy atom. The molecule has 0 aliphatic carbocycles. The molecule has 0 fully saturated rings. The molecule has 0 unspecified atom stereocenters. The van der Waals surface area contributed by atoms with Crippen molar-refractivity contribution in [1.29, 1.82) is 0 Å². The van der Waals surface area contributed by atoms with Crippen LogP contribution in [0.15, 0.2) is 72.8 Å². The number of amides is 1. The molecule has 5 nitrogen and oxygen atoms in total. The number of benzene rings is 3. The van der Waals surface area contributed by atoms with E-state index in [0.29, 0.717) is 45.5 Å². The molecular weight excluding hydrogens is 413 g/mol. The zero-order valence-electron chi connectivity index (χ0n) is 17.3. The Balaban J connectivity index is 1.64. The summed E-state index contributed by atoms with van der Waals surface area (Å²) in [5, 5.41) is 0.543. The van der Waals surface area contributed by atoms with Gasteiger partial charge in [0.05, 0.1) is 10.2 Å². The number of hydrogen-bond acceptors (Lipinski definition) is 5. The molecule has 3 aromatic carbocycles. The molecule has 0 spiro atoms. The van der Waals surface area contributed by atoms with Crippen LogP contribution in [0.3, 0.4) is 0 Å². The van der Waals surface area contributed by atoms with Gasteiger partial charge in [-0.05, 0) is 62.6 Å². The van der Waals surface area contributed by atoms with Crippen LogP contribution in [0.1, 0.15) is 10.4 Å². The van der Waals surface area contributed by atoms with Crippen molar-refractivity contribution in [3.8, 4) is 11.5 Å². The van der Waals surface area contributed by atoms with Crippen LogP contribution < -0.4 is 9.64 Å². The molecule has 0 atom stereocenters. The molecule has 1 amide bonds. The predicted octanol–water partition coefficient (Wildman–Crippen LogP) is 5.44. The first-order valence-corrected chi connectivity index (χ1v) is 10.7. The fourth-order valence-electron chi connectivity index (χ4n) is 3.06. The van der Waals surface area contributed by atoms with Gasteiger partial charge in [-0.15, -0.1) is 0 Å². The lowest BCUT2D eigenvalue weighted by molar-refractivity contribution is 0.0985. The van der Waals surface area contributed by atoms with Crippen molar-refractivity contribution >= 4 is 32.6 Å². The number of anilines is 1. The van der Waals surface area contributed by atoms with Crippen LogP contribution >= 0.6 is 11.3 Å². The van der Waals surface area contributed by atoms with E-state index in [4.69, 9.17) is 4.74 Å². The fourth-order valence-corrected chi connectivity index (χ4v) is 4.07. The Kier molecular flexibility index (Phi) is 6.25. The lowest BCUT2D eigenvalue weighted by Crippen LogP contribution is -2.36. The maximum Gasteiger partial charge on any atom is 0.260 e. The van der Waals surface area contributed by atoms with E-state index in [9.17, 15) is 9.18 Å². The Bertz CT molecular complexity index is 1190. The number of ether oxygens (including phenoxy) is 1. The van der Waals surface area contributed by atoms with Gasteiger partial charge in [-0.3, -0.25) is 9.69 Å². The number of aromatic nitrogens is 1. The van der Waals surface area contributed by atoms with E-state index in [1.807, 2.05) is 55.4 Å². The molecule has 0 N–H and O–H groups in total. The van der Waals surface area contributed by atoms with Crippen LogP contribution in [-0.2, 0) is 0 Å². The zero-order chi connectivity index (χ0) is 21.8. The van der Waals surface area contributed by atoms with Crippen LogP contribution in [0.25, 0.3) is 10.2 Å². The van der Waals surface area contributed by atoms with Gasteiger partial charge < -0.3 is 9.64 Å². The third-order valence-electron chi connectivity index (χ3n) is 4.65. The van der Waals surface area contributed by atoms with Gasteiger partial charge in [0.2, 0.25) is 0 Å². The second-order valence-electron chi connectivity index (χ2n) is 7.31. The quantitative estimate of drug-likeness (QED) is 0.388. The summed E-state index contributed by atoms with van der Waals surface area (Å²) in [5.41, 5.74) is 1.17. The van der Waals surface area contributed by atoms with E-state index in [2.05, 4.69) is 4.98 Å². The van der Waals surface area contributed by atoms with Gasteiger partial charge in [-0.25, -0.2) is 9.37 Å². The van der Waals surface area contributed by atoms with E-state index >= 15 is 0 Å². The predicted molar refractivity (Wildman–Crippen MR) is 123 cm³/mol. The molecule has 1 heterocycles. The molecule has 0 bridgehead atoms. The number of thiazole rings is 1. The molecule has 158 valence electrons. The van der Waals surface area contributed by atoms with Gasteiger partial charge in [0.1, 0.15) is 17.3 Å². The van der Waals surface area contributed by atoms with Gasteiger partial charge in [-0.1, -0.05) is 35.6 Å². The molecule has 4 aromatic rings. The molecule has 0 aliphatic heterocycles. The topological polar surface area (TPSA) is 45.7 Å². The van der Waals surface area contributed by atoms with Gasteiger partial charge in [0.25, 0.3) is 5.91 Å². The normalized spacial score (nSPS) is 11.1. The van der Waals surface area contributed by atoms with Gasteiger partial charge >= 0.3 is 0 Å². The summed E-state index contributed by atoms with van der Waals surface area (Å²) in [6.45, 7) is 1.12. The number of likely N-dealkylation sites (N-methyl/N-ethyl adjacent to an activating group) is 1. The number of carbonyl (C=O) groups is 1. The molecule has 0 aliphatic rings. The van der Waals surface area contributed by atoms with Crippen molar-refractivity contribution in [3.63, 3.8) is 0 Å². The first-order valence-electron chi connectivity index (χ1n) is 9.85. The molecular formula is C24H22FN3O2S. The molecule has 0 radical (unpaired) electrons. The van der Waals surface area contributed by atoms with Gasteiger partial charge in [0, 0.05) is 18.7 Å². The minimum absolute atomic E-state index is 0.181. The Hall–Kier alpha value is -3.29. The number of fused-ring (bicyclic) bond motifs is 1. The van der Waals surface area contributed by atoms with E-state index in [1.54, 1.807) is 29.2 Å². The highest BCUT2D eigenvalue weighted by Gasteiger charge is 2.22. The smallest absolute Gasteiger partial charge is 0.260 e. The van der Waals surface area contributed by atoms with Crippen molar-refractivity contribution in [1.82, 2.24) is 9.88 Å². The number of para-hydroxylation sites is 1. The first-order chi connectivity index (χ1) is 15.0. The summed E-state index contributed by atoms with van der Waals surface area (Å²) in [5.74, 6) is 0.778. The number of hydrogen-bond donors (Lipinski definition) is 0. The highest BCUT2D eigenvalue weighted by molar-refractivity contribution is 7.22. The minimum Gasteiger partial charge on any atom is -0.457 e. The molecule has 0 saturated heterocycles. The summed E-state index contributed by atoms with van der Waals surface area (Å²) in [4.78, 5) is 21.7. The third kappa shape index (κ3) is 5.07. The SMILES string of the molecule is CN(C)CCN(C(=O)c1cccc(Oc2ccccc2)c1)c1nc2ccc(F)cc2s1. The van der Waals surface area contributed by atoms with Crippen molar-refractivity contribution < 1.29 is 13.9 Å². The van der Waals surface area contributed by atoms with Crippen LogP contribution in [0.4, 0.5) is 9.52 Å². The summed E-state index contributed by atoms with van der Waals surface area (Å²) in [6.07, 6.45) is 0. The molecule has 1 aromatic heterocycles. The Labute approximate surface area is 184 Å². The second-order valence-corrected chi connectivity index (χ2v) is 8.32.